The van der Waals surface area contributed by atoms with Crippen LogP contribution in [0.4, 0.5) is 5.69 Å². The van der Waals surface area contributed by atoms with E-state index in [2.05, 4.69) is 46.0 Å². The number of aliphatic imine (C=N–C) groups is 1. The number of hydrogen-bond acceptors (Lipinski definition) is 2. The molecule has 0 bridgehead atoms. The zero-order valence-electron chi connectivity index (χ0n) is 13.2. The molecule has 21 heavy (non-hydrogen) atoms. The van der Waals surface area contributed by atoms with E-state index in [0.717, 1.165) is 19.0 Å². The highest BCUT2D eigenvalue weighted by Gasteiger charge is 2.16. The lowest BCUT2D eigenvalue weighted by molar-refractivity contribution is 0.277. The molecule has 0 radical (unpaired) electrons. The van der Waals surface area contributed by atoms with Crippen molar-refractivity contribution in [3.63, 3.8) is 0 Å². The fraction of sp³-hybridized carbons (Fsp3) is 0.562. The van der Waals surface area contributed by atoms with Gasteiger partial charge in [-0.15, -0.1) is 24.0 Å². The molecule has 1 aromatic rings. The minimum absolute atomic E-state index is 0. The average molecular weight is 402 g/mol. The van der Waals surface area contributed by atoms with Gasteiger partial charge in [-0.3, -0.25) is 0 Å². The van der Waals surface area contributed by atoms with E-state index in [4.69, 9.17) is 5.73 Å². The number of piperidine rings is 1. The molecule has 118 valence electrons. The molecule has 0 amide bonds. The van der Waals surface area contributed by atoms with Gasteiger partial charge < -0.3 is 15.5 Å². The quantitative estimate of drug-likeness (QED) is 0.481. The largest absolute Gasteiger partial charge is 0.378 e. The van der Waals surface area contributed by atoms with Gasteiger partial charge in [0.25, 0.3) is 0 Å². The molecule has 2 N–H and O–H groups in total. The van der Waals surface area contributed by atoms with Gasteiger partial charge in [0.15, 0.2) is 5.96 Å². The van der Waals surface area contributed by atoms with E-state index in [9.17, 15) is 0 Å². The maximum Gasteiger partial charge on any atom is 0.191 e. The Morgan fingerprint density at radius 2 is 2.00 bits per heavy atom. The predicted molar refractivity (Wildman–Crippen MR) is 101 cm³/mol. The summed E-state index contributed by atoms with van der Waals surface area (Å²) in [7, 11) is 4.09. The third-order valence-electron chi connectivity index (χ3n) is 3.96. The highest BCUT2D eigenvalue weighted by atomic mass is 127. The first-order valence-electron chi connectivity index (χ1n) is 7.37. The summed E-state index contributed by atoms with van der Waals surface area (Å²) in [5, 5.41) is 0. The van der Waals surface area contributed by atoms with Gasteiger partial charge in [-0.2, -0.15) is 0 Å². The molecule has 0 spiro atoms. The van der Waals surface area contributed by atoms with Crippen LogP contribution in [-0.2, 0) is 6.54 Å². The van der Waals surface area contributed by atoms with Gasteiger partial charge in [-0.25, -0.2) is 4.99 Å². The van der Waals surface area contributed by atoms with Gasteiger partial charge in [0.05, 0.1) is 6.54 Å². The van der Waals surface area contributed by atoms with Crippen LogP contribution in [0.15, 0.2) is 29.3 Å². The van der Waals surface area contributed by atoms with Crippen molar-refractivity contribution in [3.05, 3.63) is 29.8 Å². The lowest BCUT2D eigenvalue weighted by atomic mass is 10.00. The Bertz CT molecular complexity index is 465. The second kappa shape index (κ2) is 8.46. The molecule has 1 aromatic carbocycles. The number of benzene rings is 1. The summed E-state index contributed by atoms with van der Waals surface area (Å²) < 4.78 is 0. The Morgan fingerprint density at radius 1 is 1.33 bits per heavy atom. The zero-order valence-corrected chi connectivity index (χ0v) is 15.6. The Morgan fingerprint density at radius 3 is 2.62 bits per heavy atom. The van der Waals surface area contributed by atoms with Gasteiger partial charge in [0, 0.05) is 32.9 Å². The van der Waals surface area contributed by atoms with E-state index in [1.165, 1.54) is 24.1 Å². The van der Waals surface area contributed by atoms with Crippen molar-refractivity contribution in [1.29, 1.82) is 0 Å². The van der Waals surface area contributed by atoms with Gasteiger partial charge in [0.2, 0.25) is 0 Å². The number of guanidine groups is 1. The summed E-state index contributed by atoms with van der Waals surface area (Å²) in [6, 6.07) is 8.43. The van der Waals surface area contributed by atoms with Crippen molar-refractivity contribution in [2.45, 2.75) is 26.3 Å². The summed E-state index contributed by atoms with van der Waals surface area (Å²) in [4.78, 5) is 8.85. The molecule has 1 heterocycles. The second-order valence-electron chi connectivity index (χ2n) is 5.91. The van der Waals surface area contributed by atoms with Crippen LogP contribution in [0.25, 0.3) is 0 Å². The van der Waals surface area contributed by atoms with Crippen LogP contribution < -0.4 is 10.6 Å². The van der Waals surface area contributed by atoms with E-state index < -0.39 is 0 Å². The SMILES string of the molecule is CC1CCN(C(N)=NCc2cccc(N(C)C)c2)CC1.I. The third kappa shape index (κ3) is 5.37. The molecule has 1 saturated heterocycles. The maximum atomic E-state index is 6.11. The average Bonchev–Trinajstić information content (AvgIpc) is 2.46. The lowest BCUT2D eigenvalue weighted by Gasteiger charge is -2.31. The van der Waals surface area contributed by atoms with Crippen LogP contribution in [0.1, 0.15) is 25.3 Å². The van der Waals surface area contributed by atoms with E-state index in [1.807, 2.05) is 14.1 Å². The van der Waals surface area contributed by atoms with Crippen molar-refractivity contribution < 1.29 is 0 Å². The molecule has 2 rings (SSSR count). The first-order valence-corrected chi connectivity index (χ1v) is 7.37. The van der Waals surface area contributed by atoms with Crippen molar-refractivity contribution >= 4 is 35.6 Å². The normalized spacial score (nSPS) is 16.5. The van der Waals surface area contributed by atoms with Gasteiger partial charge in [-0.1, -0.05) is 19.1 Å². The third-order valence-corrected chi connectivity index (χ3v) is 3.96. The molecule has 1 fully saturated rings. The molecule has 0 unspecified atom stereocenters. The monoisotopic (exact) mass is 402 g/mol. The molecule has 4 nitrogen and oxygen atoms in total. The molecule has 0 atom stereocenters. The summed E-state index contributed by atoms with van der Waals surface area (Å²) in [5.41, 5.74) is 8.50. The van der Waals surface area contributed by atoms with Crippen LogP contribution in [0, 0.1) is 5.92 Å². The number of likely N-dealkylation sites (tertiary alicyclic amines) is 1. The first kappa shape index (κ1) is 18.1. The van der Waals surface area contributed by atoms with Crippen LogP contribution in [0.5, 0.6) is 0 Å². The van der Waals surface area contributed by atoms with E-state index in [-0.39, 0.29) is 24.0 Å². The fourth-order valence-corrected chi connectivity index (χ4v) is 2.44. The number of rotatable bonds is 3. The minimum atomic E-state index is 0. The summed E-state index contributed by atoms with van der Waals surface area (Å²) in [6.07, 6.45) is 2.43. The molecular weight excluding hydrogens is 375 g/mol. The van der Waals surface area contributed by atoms with Crippen LogP contribution in [0.2, 0.25) is 0 Å². The lowest BCUT2D eigenvalue weighted by Crippen LogP contribution is -2.42. The van der Waals surface area contributed by atoms with E-state index >= 15 is 0 Å². The van der Waals surface area contributed by atoms with Crippen molar-refractivity contribution in [2.75, 3.05) is 32.1 Å². The smallest absolute Gasteiger partial charge is 0.191 e. The number of anilines is 1. The van der Waals surface area contributed by atoms with Crippen molar-refractivity contribution in [2.24, 2.45) is 16.6 Å². The summed E-state index contributed by atoms with van der Waals surface area (Å²) in [5.74, 6) is 1.50. The number of nitrogens with two attached hydrogens (primary N) is 1. The zero-order chi connectivity index (χ0) is 14.5. The van der Waals surface area contributed by atoms with Gasteiger partial charge >= 0.3 is 0 Å². The van der Waals surface area contributed by atoms with Crippen molar-refractivity contribution in [3.8, 4) is 0 Å². The second-order valence-corrected chi connectivity index (χ2v) is 5.91. The van der Waals surface area contributed by atoms with Gasteiger partial charge in [0.1, 0.15) is 0 Å². The van der Waals surface area contributed by atoms with Crippen LogP contribution in [0.3, 0.4) is 0 Å². The molecule has 0 aliphatic carbocycles. The number of halogens is 1. The molecule has 0 aromatic heterocycles. The summed E-state index contributed by atoms with van der Waals surface area (Å²) >= 11 is 0. The van der Waals surface area contributed by atoms with Crippen LogP contribution in [-0.4, -0.2) is 38.0 Å². The van der Waals surface area contributed by atoms with E-state index in [1.54, 1.807) is 0 Å². The maximum absolute atomic E-state index is 6.11. The van der Waals surface area contributed by atoms with E-state index in [0.29, 0.717) is 12.5 Å². The van der Waals surface area contributed by atoms with Gasteiger partial charge in [-0.05, 0) is 36.5 Å². The summed E-state index contributed by atoms with van der Waals surface area (Å²) in [6.45, 7) is 5.03. The Kier molecular flexibility index (Phi) is 7.28. The highest BCUT2D eigenvalue weighted by molar-refractivity contribution is 14.0. The number of nitrogens with zero attached hydrogens (tertiary/aromatic N) is 3. The molecule has 1 aliphatic heterocycles. The molecule has 5 heteroatoms. The first-order chi connectivity index (χ1) is 9.56. The minimum Gasteiger partial charge on any atom is -0.378 e. The highest BCUT2D eigenvalue weighted by Crippen LogP contribution is 2.16. The molecule has 0 saturated carbocycles. The molecule has 1 aliphatic rings. The Balaban J connectivity index is 0.00000220. The van der Waals surface area contributed by atoms with Crippen LogP contribution >= 0.6 is 24.0 Å². The standard InChI is InChI=1S/C16H26N4.HI/c1-13-7-9-20(10-8-13)16(17)18-12-14-5-4-6-15(11-14)19(2)3;/h4-6,11,13H,7-10,12H2,1-3H3,(H2,17,18);1H. The number of hydrogen-bond donors (Lipinski definition) is 1. The van der Waals surface area contributed by atoms with Crippen molar-refractivity contribution in [1.82, 2.24) is 4.90 Å². The Hall–Kier alpha value is -0.980. The topological polar surface area (TPSA) is 44.9 Å². The predicted octanol–water partition coefficient (Wildman–Crippen LogP) is 2.92. The Labute approximate surface area is 145 Å². The molecular formula is C16H27IN4. The fourth-order valence-electron chi connectivity index (χ4n) is 2.44.